The van der Waals surface area contributed by atoms with Crippen molar-refractivity contribution in [3.8, 4) is 0 Å². The molecule has 0 fully saturated rings. The second kappa shape index (κ2) is 30.0. The molecule has 0 rings (SSSR count). The molecule has 0 aromatic rings. The SMILES string of the molecule is CCC=CCC=CCC=CCCCCCCCC(CCCCCCCCCCCCCN(C)C)OC(=O)O. The van der Waals surface area contributed by atoms with Crippen LogP contribution in [0.25, 0.3) is 0 Å². The van der Waals surface area contributed by atoms with Gasteiger partial charge in [-0.2, -0.15) is 0 Å². The lowest BCUT2D eigenvalue weighted by atomic mass is 10.0. The summed E-state index contributed by atoms with van der Waals surface area (Å²) in [5, 5.41) is 9.09. The number of allylic oxidation sites excluding steroid dienone is 6. The normalized spacial score (nSPS) is 12.9. The van der Waals surface area contributed by atoms with E-state index in [1.807, 2.05) is 0 Å². The topological polar surface area (TPSA) is 49.8 Å². The van der Waals surface area contributed by atoms with Crippen molar-refractivity contribution in [2.24, 2.45) is 0 Å². The standard InChI is InChI=1S/C34H63NO3/c1-4-5-6-7-8-9-10-11-12-13-15-18-21-24-27-30-33(38-34(36)37)31-28-25-22-19-16-14-17-20-23-26-29-32-35(2)3/h5-6,8-9,11-12,33H,4,7,10,13-32H2,1-3H3,(H,36,37). The molecule has 0 aromatic carbocycles. The third-order valence-corrected chi connectivity index (χ3v) is 7.08. The predicted octanol–water partition coefficient (Wildman–Crippen LogP) is 10.9. The zero-order valence-electron chi connectivity index (χ0n) is 25.5. The van der Waals surface area contributed by atoms with Crippen LogP contribution in [0, 0.1) is 0 Å². The molecule has 0 aliphatic heterocycles. The van der Waals surface area contributed by atoms with Crippen molar-refractivity contribution in [2.75, 3.05) is 20.6 Å². The van der Waals surface area contributed by atoms with Gasteiger partial charge in [0.05, 0.1) is 0 Å². The highest BCUT2D eigenvalue weighted by atomic mass is 16.7. The molecule has 0 saturated heterocycles. The van der Waals surface area contributed by atoms with E-state index in [0.717, 1.165) is 51.4 Å². The zero-order valence-corrected chi connectivity index (χ0v) is 25.5. The van der Waals surface area contributed by atoms with Crippen LogP contribution in [-0.4, -0.2) is 42.9 Å². The van der Waals surface area contributed by atoms with Gasteiger partial charge in [0.2, 0.25) is 0 Å². The first kappa shape index (κ1) is 36.5. The van der Waals surface area contributed by atoms with Crippen LogP contribution in [0.3, 0.4) is 0 Å². The summed E-state index contributed by atoms with van der Waals surface area (Å²) in [6, 6.07) is 0. The fourth-order valence-corrected chi connectivity index (χ4v) is 4.79. The number of hydrogen-bond donors (Lipinski definition) is 1. The van der Waals surface area contributed by atoms with Gasteiger partial charge in [-0.25, -0.2) is 4.79 Å². The van der Waals surface area contributed by atoms with E-state index in [0.29, 0.717) is 0 Å². The van der Waals surface area contributed by atoms with E-state index in [2.05, 4.69) is 62.4 Å². The minimum atomic E-state index is -1.12. The van der Waals surface area contributed by atoms with Gasteiger partial charge in [0, 0.05) is 0 Å². The Bertz CT molecular complexity index is 582. The fourth-order valence-electron chi connectivity index (χ4n) is 4.79. The van der Waals surface area contributed by atoms with Crippen molar-refractivity contribution in [3.63, 3.8) is 0 Å². The first-order valence-corrected chi connectivity index (χ1v) is 16.1. The van der Waals surface area contributed by atoms with Crippen molar-refractivity contribution in [1.29, 1.82) is 0 Å². The minimum Gasteiger partial charge on any atom is -0.450 e. The first-order chi connectivity index (χ1) is 18.6. The number of hydrogen-bond acceptors (Lipinski definition) is 3. The Labute approximate surface area is 237 Å². The summed E-state index contributed by atoms with van der Waals surface area (Å²) in [6.07, 6.45) is 38.7. The van der Waals surface area contributed by atoms with E-state index in [4.69, 9.17) is 9.84 Å². The van der Waals surface area contributed by atoms with Gasteiger partial charge in [-0.05, 0) is 84.8 Å². The lowest BCUT2D eigenvalue weighted by Crippen LogP contribution is -2.16. The smallest absolute Gasteiger partial charge is 0.450 e. The molecular formula is C34H63NO3. The second-order valence-corrected chi connectivity index (χ2v) is 11.1. The summed E-state index contributed by atoms with van der Waals surface area (Å²) in [7, 11) is 4.30. The molecule has 0 heterocycles. The third kappa shape index (κ3) is 30.7. The summed E-state index contributed by atoms with van der Waals surface area (Å²) in [4.78, 5) is 13.4. The molecule has 0 amide bonds. The van der Waals surface area contributed by atoms with Crippen LogP contribution >= 0.6 is 0 Å². The van der Waals surface area contributed by atoms with E-state index >= 15 is 0 Å². The van der Waals surface area contributed by atoms with Gasteiger partial charge in [0.15, 0.2) is 0 Å². The van der Waals surface area contributed by atoms with Crippen LogP contribution in [0.1, 0.15) is 148 Å². The summed E-state index contributed by atoms with van der Waals surface area (Å²) in [5.41, 5.74) is 0. The van der Waals surface area contributed by atoms with Gasteiger partial charge >= 0.3 is 6.16 Å². The summed E-state index contributed by atoms with van der Waals surface area (Å²) in [5.74, 6) is 0. The molecule has 0 spiro atoms. The van der Waals surface area contributed by atoms with Gasteiger partial charge in [0.1, 0.15) is 6.10 Å². The van der Waals surface area contributed by atoms with Crippen molar-refractivity contribution < 1.29 is 14.6 Å². The number of rotatable bonds is 28. The zero-order chi connectivity index (χ0) is 27.9. The van der Waals surface area contributed by atoms with Crippen molar-refractivity contribution in [2.45, 2.75) is 154 Å². The highest BCUT2D eigenvalue weighted by Crippen LogP contribution is 2.17. The van der Waals surface area contributed by atoms with E-state index in [1.54, 1.807) is 0 Å². The number of carboxylic acid groups (broad SMARTS) is 1. The molecule has 38 heavy (non-hydrogen) atoms. The van der Waals surface area contributed by atoms with Gasteiger partial charge in [0.25, 0.3) is 0 Å². The van der Waals surface area contributed by atoms with Crippen LogP contribution < -0.4 is 0 Å². The summed E-state index contributed by atoms with van der Waals surface area (Å²) < 4.78 is 5.18. The third-order valence-electron chi connectivity index (χ3n) is 7.08. The van der Waals surface area contributed by atoms with E-state index in [1.165, 1.54) is 96.4 Å². The Balaban J connectivity index is 3.61. The van der Waals surface area contributed by atoms with Crippen LogP contribution in [0.4, 0.5) is 4.79 Å². The van der Waals surface area contributed by atoms with Gasteiger partial charge in [-0.3, -0.25) is 0 Å². The summed E-state index contributed by atoms with van der Waals surface area (Å²) >= 11 is 0. The Morgan fingerprint density at radius 3 is 1.53 bits per heavy atom. The molecule has 4 heteroatoms. The Morgan fingerprint density at radius 1 is 0.632 bits per heavy atom. The molecule has 0 saturated carbocycles. The molecule has 1 unspecified atom stereocenters. The van der Waals surface area contributed by atoms with E-state index < -0.39 is 6.16 Å². The van der Waals surface area contributed by atoms with Crippen molar-refractivity contribution in [3.05, 3.63) is 36.5 Å². The number of nitrogens with zero attached hydrogens (tertiary/aromatic N) is 1. The van der Waals surface area contributed by atoms with Gasteiger partial charge < -0.3 is 14.7 Å². The lowest BCUT2D eigenvalue weighted by molar-refractivity contribution is 0.0422. The molecule has 0 aromatic heterocycles. The molecule has 0 bridgehead atoms. The number of ether oxygens (including phenoxy) is 1. The molecule has 0 aliphatic rings. The highest BCUT2D eigenvalue weighted by Gasteiger charge is 2.13. The molecule has 0 radical (unpaired) electrons. The molecular weight excluding hydrogens is 470 g/mol. The fraction of sp³-hybridized carbons (Fsp3) is 0.794. The first-order valence-electron chi connectivity index (χ1n) is 16.1. The predicted molar refractivity (Wildman–Crippen MR) is 166 cm³/mol. The van der Waals surface area contributed by atoms with E-state index in [9.17, 15) is 4.79 Å². The maximum atomic E-state index is 11.1. The van der Waals surface area contributed by atoms with Crippen LogP contribution in [0.15, 0.2) is 36.5 Å². The van der Waals surface area contributed by atoms with Crippen LogP contribution in [0.5, 0.6) is 0 Å². The van der Waals surface area contributed by atoms with E-state index in [-0.39, 0.29) is 6.10 Å². The average molecular weight is 534 g/mol. The Hall–Kier alpha value is -1.55. The van der Waals surface area contributed by atoms with Gasteiger partial charge in [-0.15, -0.1) is 0 Å². The number of carbonyl (C=O) groups is 1. The van der Waals surface area contributed by atoms with Crippen molar-refractivity contribution in [1.82, 2.24) is 4.90 Å². The maximum Gasteiger partial charge on any atom is 0.506 e. The molecule has 4 nitrogen and oxygen atoms in total. The summed E-state index contributed by atoms with van der Waals surface area (Å²) in [6.45, 7) is 3.38. The largest absolute Gasteiger partial charge is 0.506 e. The Morgan fingerprint density at radius 2 is 1.05 bits per heavy atom. The number of unbranched alkanes of at least 4 members (excludes halogenated alkanes) is 15. The van der Waals surface area contributed by atoms with Crippen molar-refractivity contribution >= 4 is 6.16 Å². The quantitative estimate of drug-likeness (QED) is 0.0617. The van der Waals surface area contributed by atoms with Crippen LogP contribution in [0.2, 0.25) is 0 Å². The maximum absolute atomic E-state index is 11.1. The second-order valence-electron chi connectivity index (χ2n) is 11.1. The molecule has 222 valence electrons. The minimum absolute atomic E-state index is 0.117. The van der Waals surface area contributed by atoms with Crippen LogP contribution in [-0.2, 0) is 4.74 Å². The highest BCUT2D eigenvalue weighted by molar-refractivity contribution is 5.57. The average Bonchev–Trinajstić information content (AvgIpc) is 2.88. The lowest BCUT2D eigenvalue weighted by Gasteiger charge is -2.16. The molecule has 1 atom stereocenters. The Kier molecular flexibility index (Phi) is 28.8. The molecule has 1 N–H and O–H groups in total. The molecule has 0 aliphatic carbocycles. The monoisotopic (exact) mass is 533 g/mol. The van der Waals surface area contributed by atoms with Gasteiger partial charge in [-0.1, -0.05) is 120 Å².